The summed E-state index contributed by atoms with van der Waals surface area (Å²) in [4.78, 5) is 17.6. The third-order valence-electron chi connectivity index (χ3n) is 3.45. The van der Waals surface area contributed by atoms with Crippen LogP contribution >= 0.6 is 0 Å². The van der Waals surface area contributed by atoms with E-state index in [2.05, 4.69) is 9.88 Å². The summed E-state index contributed by atoms with van der Waals surface area (Å²) in [6.07, 6.45) is 0.745. The van der Waals surface area contributed by atoms with E-state index in [1.54, 1.807) is 18.2 Å². The Morgan fingerprint density at radius 3 is 2.84 bits per heavy atom. The molecule has 3 rings (SSSR count). The predicted octanol–water partition coefficient (Wildman–Crippen LogP) is 1.95. The van der Waals surface area contributed by atoms with Crippen LogP contribution in [0.1, 0.15) is 16.2 Å². The van der Waals surface area contributed by atoms with Gasteiger partial charge in [0.2, 0.25) is 0 Å². The summed E-state index contributed by atoms with van der Waals surface area (Å²) in [7, 11) is 1.99. The lowest BCUT2D eigenvalue weighted by Crippen LogP contribution is -2.30. The average molecular weight is 259 g/mol. The number of imidazole rings is 1. The second-order valence-electron chi connectivity index (χ2n) is 4.75. The van der Waals surface area contributed by atoms with Gasteiger partial charge >= 0.3 is 0 Å². The molecule has 0 radical (unpaired) electrons. The van der Waals surface area contributed by atoms with Crippen molar-refractivity contribution in [3.8, 4) is 11.4 Å². The van der Waals surface area contributed by atoms with E-state index < -0.39 is 0 Å². The Bertz CT molecular complexity index is 636. The normalized spacial score (nSPS) is 15.3. The highest BCUT2D eigenvalue weighted by atomic mass is 19.1. The number of rotatable bonds is 2. The number of nitrogens with zero attached hydrogens (tertiary/aromatic N) is 3. The highest BCUT2D eigenvalue weighted by Crippen LogP contribution is 2.27. The molecule has 98 valence electrons. The minimum Gasteiger partial charge on any atom is -0.325 e. The van der Waals surface area contributed by atoms with Gasteiger partial charge in [0.15, 0.2) is 6.29 Å². The van der Waals surface area contributed by atoms with Gasteiger partial charge < -0.3 is 4.57 Å². The number of carbonyl (C=O) groups is 1. The number of aromatic nitrogens is 2. The third kappa shape index (κ3) is 1.96. The number of fused-ring (bicyclic) bond motifs is 1. The van der Waals surface area contributed by atoms with Crippen molar-refractivity contribution in [2.75, 3.05) is 13.6 Å². The second-order valence-corrected chi connectivity index (χ2v) is 4.75. The maximum Gasteiger partial charge on any atom is 0.170 e. The summed E-state index contributed by atoms with van der Waals surface area (Å²) in [6.45, 7) is 2.25. The van der Waals surface area contributed by atoms with Crippen LogP contribution in [-0.4, -0.2) is 34.3 Å². The fourth-order valence-corrected chi connectivity index (χ4v) is 2.46. The first kappa shape index (κ1) is 12.0. The fourth-order valence-electron chi connectivity index (χ4n) is 2.46. The van der Waals surface area contributed by atoms with Gasteiger partial charge in [0.1, 0.15) is 17.3 Å². The van der Waals surface area contributed by atoms with E-state index in [1.165, 1.54) is 6.07 Å². The van der Waals surface area contributed by atoms with E-state index in [4.69, 9.17) is 0 Å². The molecule has 0 saturated heterocycles. The lowest BCUT2D eigenvalue weighted by Gasteiger charge is -2.25. The summed E-state index contributed by atoms with van der Waals surface area (Å²) < 4.78 is 15.8. The minimum atomic E-state index is -0.313. The summed E-state index contributed by atoms with van der Waals surface area (Å²) in [5.74, 6) is 0.231. The van der Waals surface area contributed by atoms with Gasteiger partial charge in [0, 0.05) is 19.6 Å². The number of aldehydes is 1. The molecule has 5 heteroatoms. The van der Waals surface area contributed by atoms with Crippen molar-refractivity contribution in [3.05, 3.63) is 41.5 Å². The van der Waals surface area contributed by atoms with E-state index in [0.29, 0.717) is 23.6 Å². The third-order valence-corrected chi connectivity index (χ3v) is 3.45. The average Bonchev–Trinajstić information content (AvgIpc) is 2.77. The van der Waals surface area contributed by atoms with Gasteiger partial charge in [-0.2, -0.15) is 0 Å². The van der Waals surface area contributed by atoms with Crippen molar-refractivity contribution < 1.29 is 9.18 Å². The van der Waals surface area contributed by atoms with Crippen LogP contribution in [0.15, 0.2) is 24.3 Å². The predicted molar refractivity (Wildman–Crippen MR) is 69.3 cm³/mol. The van der Waals surface area contributed by atoms with Gasteiger partial charge in [0.25, 0.3) is 0 Å². The van der Waals surface area contributed by atoms with Crippen LogP contribution < -0.4 is 0 Å². The fraction of sp³-hybridized carbons (Fsp3) is 0.286. The van der Waals surface area contributed by atoms with Crippen molar-refractivity contribution in [1.29, 1.82) is 0 Å². The number of hydrogen-bond donors (Lipinski definition) is 0. The molecule has 2 aromatic rings. The molecule has 1 aromatic heterocycles. The smallest absolute Gasteiger partial charge is 0.170 e. The SMILES string of the molecule is CN1CCn2c(-c3ccccc3F)nc(C=O)c2C1. The van der Waals surface area contributed by atoms with Crippen molar-refractivity contribution in [2.45, 2.75) is 13.1 Å². The molecular weight excluding hydrogens is 245 g/mol. The van der Waals surface area contributed by atoms with Crippen LogP contribution in [0.4, 0.5) is 4.39 Å². The largest absolute Gasteiger partial charge is 0.325 e. The summed E-state index contributed by atoms with van der Waals surface area (Å²) in [6, 6.07) is 6.52. The standard InChI is InChI=1S/C14H14FN3O/c1-17-6-7-18-13(8-17)12(9-19)16-14(18)10-4-2-3-5-11(10)15/h2-5,9H,6-8H2,1H3. The van der Waals surface area contributed by atoms with Crippen molar-refractivity contribution in [2.24, 2.45) is 0 Å². The molecule has 0 aliphatic carbocycles. The lowest BCUT2D eigenvalue weighted by atomic mass is 10.2. The molecule has 0 saturated carbocycles. The van der Waals surface area contributed by atoms with Crippen LogP contribution in [0.2, 0.25) is 0 Å². The Hall–Kier alpha value is -2.01. The van der Waals surface area contributed by atoms with Gasteiger partial charge in [-0.05, 0) is 19.2 Å². The highest BCUT2D eigenvalue weighted by Gasteiger charge is 2.23. The maximum absolute atomic E-state index is 13.9. The van der Waals surface area contributed by atoms with Gasteiger partial charge in [-0.15, -0.1) is 0 Å². The zero-order valence-corrected chi connectivity index (χ0v) is 10.6. The summed E-state index contributed by atoms with van der Waals surface area (Å²) in [5.41, 5.74) is 1.72. The Morgan fingerprint density at radius 2 is 2.11 bits per heavy atom. The van der Waals surface area contributed by atoms with E-state index in [9.17, 15) is 9.18 Å². The van der Waals surface area contributed by atoms with Gasteiger partial charge in [-0.3, -0.25) is 9.69 Å². The first-order valence-electron chi connectivity index (χ1n) is 6.18. The van der Waals surface area contributed by atoms with Gasteiger partial charge in [0.05, 0.1) is 11.3 Å². The van der Waals surface area contributed by atoms with E-state index >= 15 is 0 Å². The monoisotopic (exact) mass is 259 g/mol. The number of halogens is 1. The molecule has 19 heavy (non-hydrogen) atoms. The number of benzene rings is 1. The maximum atomic E-state index is 13.9. The molecule has 1 aliphatic heterocycles. The van der Waals surface area contributed by atoms with E-state index in [-0.39, 0.29) is 5.82 Å². The van der Waals surface area contributed by atoms with E-state index in [0.717, 1.165) is 25.1 Å². The molecule has 0 fully saturated rings. The quantitative estimate of drug-likeness (QED) is 0.774. The number of carbonyl (C=O) groups excluding carboxylic acids is 1. The Morgan fingerprint density at radius 1 is 1.32 bits per heavy atom. The molecule has 2 heterocycles. The van der Waals surface area contributed by atoms with Crippen LogP contribution in [0, 0.1) is 5.82 Å². The molecule has 0 spiro atoms. The van der Waals surface area contributed by atoms with Crippen LogP contribution in [0.3, 0.4) is 0 Å². The molecule has 0 atom stereocenters. The van der Waals surface area contributed by atoms with Crippen LogP contribution in [0.25, 0.3) is 11.4 Å². The minimum absolute atomic E-state index is 0.313. The van der Waals surface area contributed by atoms with Gasteiger partial charge in [-0.1, -0.05) is 12.1 Å². The van der Waals surface area contributed by atoms with Crippen LogP contribution in [-0.2, 0) is 13.1 Å². The van der Waals surface area contributed by atoms with Crippen molar-refractivity contribution in [1.82, 2.24) is 14.5 Å². The molecule has 4 nitrogen and oxygen atoms in total. The van der Waals surface area contributed by atoms with E-state index in [1.807, 2.05) is 11.6 Å². The van der Waals surface area contributed by atoms with Crippen LogP contribution in [0.5, 0.6) is 0 Å². The molecule has 0 amide bonds. The summed E-state index contributed by atoms with van der Waals surface area (Å²) >= 11 is 0. The number of hydrogen-bond acceptors (Lipinski definition) is 3. The molecule has 0 N–H and O–H groups in total. The van der Waals surface area contributed by atoms with Crippen molar-refractivity contribution in [3.63, 3.8) is 0 Å². The van der Waals surface area contributed by atoms with Crippen molar-refractivity contribution >= 4 is 6.29 Å². The number of likely N-dealkylation sites (N-methyl/N-ethyl adjacent to an activating group) is 1. The van der Waals surface area contributed by atoms with Gasteiger partial charge in [-0.25, -0.2) is 9.37 Å². The topological polar surface area (TPSA) is 38.1 Å². The lowest BCUT2D eigenvalue weighted by molar-refractivity contribution is 0.111. The first-order valence-corrected chi connectivity index (χ1v) is 6.18. The molecule has 1 aromatic carbocycles. The Labute approximate surface area is 110 Å². The molecule has 0 bridgehead atoms. The zero-order chi connectivity index (χ0) is 13.4. The molecule has 0 unspecified atom stereocenters. The Balaban J connectivity index is 2.18. The summed E-state index contributed by atoms with van der Waals surface area (Å²) in [5, 5.41) is 0. The molecular formula is C14H14FN3O. The second kappa shape index (κ2) is 4.59. The highest BCUT2D eigenvalue weighted by molar-refractivity contribution is 5.76. The Kier molecular flexibility index (Phi) is 2.91. The zero-order valence-electron chi connectivity index (χ0n) is 10.6. The molecule has 1 aliphatic rings. The first-order chi connectivity index (χ1) is 9.20.